The molecular weight excluding hydrogens is 633 g/mol. The lowest BCUT2D eigenvalue weighted by Gasteiger charge is -2.15. The van der Waals surface area contributed by atoms with Crippen molar-refractivity contribution in [2.45, 2.75) is 0 Å². The number of para-hydroxylation sites is 2. The van der Waals surface area contributed by atoms with E-state index in [4.69, 9.17) is 0 Å². The zero-order valence-corrected chi connectivity index (χ0v) is 28.2. The third kappa shape index (κ3) is 6.25. The van der Waals surface area contributed by atoms with Crippen molar-refractivity contribution in [1.29, 1.82) is 10.5 Å². The predicted octanol–water partition coefficient (Wildman–Crippen LogP) is 12.8. The van der Waals surface area contributed by atoms with Crippen LogP contribution < -0.4 is 10.6 Å². The van der Waals surface area contributed by atoms with Crippen LogP contribution in [0, 0.1) is 22.7 Å². The zero-order chi connectivity index (χ0) is 35.3. The minimum absolute atomic E-state index is 0.326. The number of benzene rings is 8. The van der Waals surface area contributed by atoms with Crippen LogP contribution in [0.15, 0.2) is 182 Å². The first-order chi connectivity index (χ1) is 25.7. The summed E-state index contributed by atoms with van der Waals surface area (Å²) in [4.78, 5) is 0. The van der Waals surface area contributed by atoms with E-state index in [1.165, 1.54) is 21.5 Å². The van der Waals surface area contributed by atoms with Gasteiger partial charge in [0, 0.05) is 33.9 Å². The maximum absolute atomic E-state index is 10.3. The maximum atomic E-state index is 10.3. The Labute approximate surface area is 303 Å². The number of rotatable bonds is 8. The number of fused-ring (bicyclic) bond motifs is 2. The molecule has 0 spiro atoms. The van der Waals surface area contributed by atoms with Crippen LogP contribution in [0.5, 0.6) is 0 Å². The fourth-order valence-electron chi connectivity index (χ4n) is 6.86. The SMILES string of the molecule is N#C/C(=C(/C#N)c1ccc(Nc2ccccc2-c2cccc3ccccc23)cc1)c1ccc(Nc2ccccc2-c2cccc3ccccc23)cc1. The number of nitrogens with one attached hydrogen (secondary N) is 2. The first-order valence-electron chi connectivity index (χ1n) is 17.1. The summed E-state index contributed by atoms with van der Waals surface area (Å²) in [7, 11) is 0. The Balaban J connectivity index is 1.04. The average Bonchev–Trinajstić information content (AvgIpc) is 3.21. The van der Waals surface area contributed by atoms with Crippen molar-refractivity contribution < 1.29 is 0 Å². The second-order valence-corrected chi connectivity index (χ2v) is 12.5. The van der Waals surface area contributed by atoms with Crippen molar-refractivity contribution in [1.82, 2.24) is 0 Å². The van der Waals surface area contributed by atoms with Crippen LogP contribution in [0.25, 0.3) is 54.9 Å². The van der Waals surface area contributed by atoms with Crippen molar-refractivity contribution in [2.75, 3.05) is 10.6 Å². The lowest BCUT2D eigenvalue weighted by molar-refractivity contribution is 1.48. The van der Waals surface area contributed by atoms with E-state index < -0.39 is 0 Å². The molecule has 4 nitrogen and oxygen atoms in total. The number of nitrogens with zero attached hydrogens (tertiary/aromatic N) is 2. The fraction of sp³-hybridized carbons (Fsp3) is 0. The molecule has 0 saturated carbocycles. The van der Waals surface area contributed by atoms with Gasteiger partial charge in [0.15, 0.2) is 0 Å². The van der Waals surface area contributed by atoms with E-state index in [9.17, 15) is 10.5 Å². The standard InChI is InChI=1S/C48H32N4/c49-31-45(35-23-27-37(28-24-35)51-47-21-7-5-17-43(47)41-19-9-13-33-11-1-3-15-39(33)41)46(32-50)36-25-29-38(30-26-36)52-48-22-8-6-18-44(48)42-20-10-14-34-12-2-4-16-40(34)42/h1-30,51-52H/b46-45+. The van der Waals surface area contributed by atoms with E-state index in [-0.39, 0.29) is 0 Å². The molecule has 4 heteroatoms. The molecule has 0 fully saturated rings. The smallest absolute Gasteiger partial charge is 0.101 e. The predicted molar refractivity (Wildman–Crippen MR) is 216 cm³/mol. The van der Waals surface area contributed by atoms with Crippen molar-refractivity contribution in [3.05, 3.63) is 193 Å². The Hall–Kier alpha value is -7.40. The third-order valence-electron chi connectivity index (χ3n) is 9.39. The molecule has 0 aromatic heterocycles. The largest absolute Gasteiger partial charge is 0.355 e. The van der Waals surface area contributed by atoms with Gasteiger partial charge in [0.2, 0.25) is 0 Å². The molecule has 0 unspecified atom stereocenters. The van der Waals surface area contributed by atoms with Crippen molar-refractivity contribution >= 4 is 55.4 Å². The Bertz CT molecular complexity index is 2490. The summed E-state index contributed by atoms with van der Waals surface area (Å²) in [5.74, 6) is 0. The lowest BCUT2D eigenvalue weighted by atomic mass is 9.95. The number of hydrogen-bond acceptors (Lipinski definition) is 4. The Morgan fingerprint density at radius 1 is 0.346 bits per heavy atom. The van der Waals surface area contributed by atoms with Crippen molar-refractivity contribution in [2.24, 2.45) is 0 Å². The molecule has 8 aromatic rings. The first kappa shape index (κ1) is 31.8. The highest BCUT2D eigenvalue weighted by molar-refractivity contribution is 6.04. The van der Waals surface area contributed by atoms with Gasteiger partial charge in [0.05, 0.1) is 11.1 Å². The molecule has 2 N–H and O–H groups in total. The van der Waals surface area contributed by atoms with Gasteiger partial charge >= 0.3 is 0 Å². The average molecular weight is 665 g/mol. The summed E-state index contributed by atoms with van der Waals surface area (Å²) in [6.45, 7) is 0. The quantitative estimate of drug-likeness (QED) is 0.125. The molecule has 0 amide bonds. The van der Waals surface area contributed by atoms with E-state index in [0.29, 0.717) is 22.3 Å². The zero-order valence-electron chi connectivity index (χ0n) is 28.2. The van der Waals surface area contributed by atoms with Gasteiger partial charge in [-0.2, -0.15) is 10.5 Å². The van der Waals surface area contributed by atoms with Crippen LogP contribution in [-0.2, 0) is 0 Å². The summed E-state index contributed by atoms with van der Waals surface area (Å²) in [5, 5.41) is 32.5. The topological polar surface area (TPSA) is 71.6 Å². The number of anilines is 4. The molecule has 0 saturated heterocycles. The second-order valence-electron chi connectivity index (χ2n) is 12.5. The van der Waals surface area contributed by atoms with E-state index in [0.717, 1.165) is 45.0 Å². The van der Waals surface area contributed by atoms with Crippen LogP contribution >= 0.6 is 0 Å². The molecule has 8 aromatic carbocycles. The van der Waals surface area contributed by atoms with Crippen LogP contribution in [0.2, 0.25) is 0 Å². The molecule has 0 heterocycles. The minimum atomic E-state index is 0.326. The number of hydrogen-bond donors (Lipinski definition) is 2. The second kappa shape index (κ2) is 14.2. The summed E-state index contributed by atoms with van der Waals surface area (Å²) in [6, 6.07) is 66.0. The molecule has 8 rings (SSSR count). The van der Waals surface area contributed by atoms with Gasteiger partial charge in [-0.15, -0.1) is 0 Å². The summed E-state index contributed by atoms with van der Waals surface area (Å²) >= 11 is 0. The van der Waals surface area contributed by atoms with Gasteiger partial charge in [-0.05, 0) is 80.2 Å². The molecule has 0 atom stereocenters. The highest BCUT2D eigenvalue weighted by Gasteiger charge is 2.14. The Morgan fingerprint density at radius 3 is 1.12 bits per heavy atom. The van der Waals surface area contributed by atoms with Gasteiger partial charge < -0.3 is 10.6 Å². The molecule has 0 aliphatic carbocycles. The first-order valence-corrected chi connectivity index (χ1v) is 17.1. The monoisotopic (exact) mass is 664 g/mol. The van der Waals surface area contributed by atoms with Crippen molar-refractivity contribution in [3.63, 3.8) is 0 Å². The third-order valence-corrected chi connectivity index (χ3v) is 9.39. The molecule has 0 bridgehead atoms. The number of nitriles is 2. The van der Waals surface area contributed by atoms with Crippen LogP contribution in [0.4, 0.5) is 22.7 Å². The summed E-state index contributed by atoms with van der Waals surface area (Å²) < 4.78 is 0. The molecule has 0 radical (unpaired) electrons. The van der Waals surface area contributed by atoms with E-state index >= 15 is 0 Å². The summed E-state index contributed by atoms with van der Waals surface area (Å²) in [6.07, 6.45) is 0. The van der Waals surface area contributed by atoms with Crippen LogP contribution in [0.3, 0.4) is 0 Å². The van der Waals surface area contributed by atoms with Gasteiger partial charge in [-0.3, -0.25) is 0 Å². The normalized spacial score (nSPS) is 11.3. The lowest BCUT2D eigenvalue weighted by Crippen LogP contribution is -1.96. The van der Waals surface area contributed by atoms with Gasteiger partial charge in [-0.1, -0.05) is 146 Å². The van der Waals surface area contributed by atoms with Gasteiger partial charge in [0.1, 0.15) is 12.1 Å². The highest BCUT2D eigenvalue weighted by atomic mass is 14.9. The van der Waals surface area contributed by atoms with E-state index in [1.54, 1.807) is 0 Å². The Morgan fingerprint density at radius 2 is 0.692 bits per heavy atom. The molecule has 0 aliphatic rings. The maximum Gasteiger partial charge on any atom is 0.101 e. The van der Waals surface area contributed by atoms with Gasteiger partial charge in [-0.25, -0.2) is 0 Å². The molecular formula is C48H32N4. The van der Waals surface area contributed by atoms with Crippen molar-refractivity contribution in [3.8, 4) is 34.4 Å². The van der Waals surface area contributed by atoms with Gasteiger partial charge in [0.25, 0.3) is 0 Å². The summed E-state index contributed by atoms with van der Waals surface area (Å²) in [5.41, 5.74) is 10.2. The van der Waals surface area contributed by atoms with E-state index in [2.05, 4.69) is 132 Å². The van der Waals surface area contributed by atoms with Crippen LogP contribution in [-0.4, -0.2) is 0 Å². The van der Waals surface area contributed by atoms with Crippen LogP contribution in [0.1, 0.15) is 11.1 Å². The molecule has 52 heavy (non-hydrogen) atoms. The fourth-order valence-corrected chi connectivity index (χ4v) is 6.86. The molecule has 244 valence electrons. The molecule has 0 aliphatic heterocycles. The minimum Gasteiger partial charge on any atom is -0.355 e. The number of allylic oxidation sites excluding steroid dienone is 2. The Kier molecular flexibility index (Phi) is 8.71. The highest BCUT2D eigenvalue weighted by Crippen LogP contribution is 2.37. The van der Waals surface area contributed by atoms with E-state index in [1.807, 2.05) is 72.8 Å².